The smallest absolute Gasteiger partial charge is 0.251 e. The minimum Gasteiger partial charge on any atom is -0.378 e. The minimum absolute atomic E-state index is 0.209. The van der Waals surface area contributed by atoms with Gasteiger partial charge >= 0.3 is 0 Å². The lowest BCUT2D eigenvalue weighted by molar-refractivity contribution is 0.0511. The van der Waals surface area contributed by atoms with Crippen LogP contribution in [0.3, 0.4) is 0 Å². The highest BCUT2D eigenvalue weighted by Gasteiger charge is 2.09. The van der Waals surface area contributed by atoms with Crippen molar-refractivity contribution in [2.75, 3.05) is 62.0 Å². The summed E-state index contributed by atoms with van der Waals surface area (Å²) in [7, 11) is 0. The van der Waals surface area contributed by atoms with Gasteiger partial charge in [-0.05, 0) is 42.0 Å². The van der Waals surface area contributed by atoms with E-state index in [-0.39, 0.29) is 17.7 Å². The fraction of sp³-hybridized carbons (Fsp3) is 0.308. The maximum absolute atomic E-state index is 13.5. The summed E-state index contributed by atoms with van der Waals surface area (Å²) in [4.78, 5) is 25.5. The summed E-state index contributed by atoms with van der Waals surface area (Å²) in [5.74, 6) is 0.415. The van der Waals surface area contributed by atoms with Crippen molar-refractivity contribution in [2.45, 2.75) is 6.54 Å². The van der Waals surface area contributed by atoms with Gasteiger partial charge in [-0.1, -0.05) is 18.2 Å². The number of hydrogen-bond acceptors (Lipinski definition) is 10. The van der Waals surface area contributed by atoms with Crippen molar-refractivity contribution in [1.82, 2.24) is 20.3 Å². The third kappa shape index (κ3) is 10.1. The SMILES string of the molecule is C=CCNc1nc(NCc2cccc(F)c2)nc(Nc2ccc(C(=O)NCCOCCOCCN)cc2)n1. The average Bonchev–Trinajstić information content (AvgIpc) is 2.92. The topological polar surface area (TPSA) is 148 Å². The summed E-state index contributed by atoms with van der Waals surface area (Å²) >= 11 is 0. The van der Waals surface area contributed by atoms with Gasteiger partial charge in [-0.3, -0.25) is 4.79 Å². The largest absolute Gasteiger partial charge is 0.378 e. The van der Waals surface area contributed by atoms with E-state index in [1.165, 1.54) is 12.1 Å². The molecule has 0 aliphatic carbocycles. The average molecular weight is 525 g/mol. The van der Waals surface area contributed by atoms with Crippen molar-refractivity contribution in [3.05, 3.63) is 78.1 Å². The van der Waals surface area contributed by atoms with Gasteiger partial charge in [0.25, 0.3) is 5.91 Å². The number of aromatic nitrogens is 3. The predicted octanol–water partition coefficient (Wildman–Crippen LogP) is 2.69. The van der Waals surface area contributed by atoms with Gasteiger partial charge in [0, 0.05) is 37.4 Å². The highest BCUT2D eigenvalue weighted by Crippen LogP contribution is 2.17. The molecule has 0 saturated heterocycles. The molecule has 1 amide bonds. The van der Waals surface area contributed by atoms with Crippen LogP contribution in [-0.2, 0) is 16.0 Å². The summed E-state index contributed by atoms with van der Waals surface area (Å²) in [5, 5.41) is 12.0. The number of carbonyl (C=O) groups is 1. The Hall–Kier alpha value is -4.13. The van der Waals surface area contributed by atoms with Crippen molar-refractivity contribution >= 4 is 29.4 Å². The monoisotopic (exact) mass is 524 g/mol. The Kier molecular flexibility index (Phi) is 11.9. The van der Waals surface area contributed by atoms with E-state index < -0.39 is 0 Å². The molecule has 0 saturated carbocycles. The zero-order valence-corrected chi connectivity index (χ0v) is 21.1. The number of ether oxygens (including phenoxy) is 2. The van der Waals surface area contributed by atoms with E-state index in [9.17, 15) is 9.18 Å². The second-order valence-corrected chi connectivity index (χ2v) is 7.93. The Labute approximate surface area is 221 Å². The zero-order valence-electron chi connectivity index (χ0n) is 21.1. The molecule has 38 heavy (non-hydrogen) atoms. The van der Waals surface area contributed by atoms with E-state index in [0.717, 1.165) is 5.56 Å². The van der Waals surface area contributed by atoms with E-state index in [4.69, 9.17) is 15.2 Å². The first kappa shape index (κ1) is 28.4. The quantitative estimate of drug-likeness (QED) is 0.132. The van der Waals surface area contributed by atoms with E-state index in [1.807, 2.05) is 0 Å². The molecular weight excluding hydrogens is 491 g/mol. The van der Waals surface area contributed by atoms with Crippen LogP contribution in [0.15, 0.2) is 61.2 Å². The van der Waals surface area contributed by atoms with Crippen molar-refractivity contribution < 1.29 is 18.7 Å². The molecule has 1 aromatic heterocycles. The van der Waals surface area contributed by atoms with Crippen LogP contribution >= 0.6 is 0 Å². The van der Waals surface area contributed by atoms with E-state index in [2.05, 4.69) is 42.8 Å². The van der Waals surface area contributed by atoms with Gasteiger partial charge in [0.15, 0.2) is 0 Å². The standard InChI is InChI=1S/C26H33FN8O3/c1-2-11-30-24-33-25(31-18-19-4-3-5-21(27)17-19)35-26(34-24)32-22-8-6-20(7-9-22)23(36)29-12-14-38-16-15-37-13-10-28/h2-9,17H,1,10-16,18,28H2,(H,29,36)(H3,30,31,32,33,34,35). The van der Waals surface area contributed by atoms with Crippen LogP contribution < -0.4 is 27.0 Å². The lowest BCUT2D eigenvalue weighted by atomic mass is 10.2. The van der Waals surface area contributed by atoms with Crippen molar-refractivity contribution in [3.8, 4) is 0 Å². The number of hydrogen-bond donors (Lipinski definition) is 5. The Morgan fingerprint density at radius 2 is 1.66 bits per heavy atom. The first-order chi connectivity index (χ1) is 18.6. The molecule has 0 spiro atoms. The minimum atomic E-state index is -0.315. The molecule has 11 nitrogen and oxygen atoms in total. The van der Waals surface area contributed by atoms with Gasteiger partial charge in [0.2, 0.25) is 17.8 Å². The van der Waals surface area contributed by atoms with Crippen LogP contribution in [0.4, 0.5) is 27.9 Å². The predicted molar refractivity (Wildman–Crippen MR) is 145 cm³/mol. The summed E-state index contributed by atoms with van der Waals surface area (Å²) in [6.45, 7) is 7.14. The normalized spacial score (nSPS) is 10.6. The molecule has 0 atom stereocenters. The number of nitrogens with two attached hydrogens (primary N) is 1. The Bertz CT molecular complexity index is 1160. The number of carbonyl (C=O) groups excluding carboxylic acids is 1. The van der Waals surface area contributed by atoms with Gasteiger partial charge in [-0.15, -0.1) is 6.58 Å². The van der Waals surface area contributed by atoms with Crippen LogP contribution in [-0.4, -0.2) is 66.9 Å². The third-order valence-electron chi connectivity index (χ3n) is 4.95. The third-order valence-corrected chi connectivity index (χ3v) is 4.95. The second-order valence-electron chi connectivity index (χ2n) is 7.93. The molecule has 6 N–H and O–H groups in total. The summed E-state index contributed by atoms with van der Waals surface area (Å²) in [5.41, 5.74) is 7.28. The van der Waals surface area contributed by atoms with Crippen LogP contribution in [0, 0.1) is 5.82 Å². The van der Waals surface area contributed by atoms with Gasteiger partial charge in [0.05, 0.1) is 26.4 Å². The molecule has 0 aliphatic heterocycles. The molecule has 202 valence electrons. The van der Waals surface area contributed by atoms with Crippen LogP contribution in [0.1, 0.15) is 15.9 Å². The summed E-state index contributed by atoms with van der Waals surface area (Å²) in [6, 6.07) is 13.2. The van der Waals surface area contributed by atoms with E-state index in [1.54, 1.807) is 42.5 Å². The fourth-order valence-electron chi connectivity index (χ4n) is 3.16. The molecule has 2 aromatic carbocycles. The van der Waals surface area contributed by atoms with Gasteiger partial charge in [0.1, 0.15) is 5.82 Å². The number of benzene rings is 2. The lowest BCUT2D eigenvalue weighted by Gasteiger charge is -2.11. The molecule has 0 bridgehead atoms. The molecule has 1 heterocycles. The molecule has 3 aromatic rings. The Morgan fingerprint density at radius 3 is 2.37 bits per heavy atom. The lowest BCUT2D eigenvalue weighted by Crippen LogP contribution is -2.27. The first-order valence-corrected chi connectivity index (χ1v) is 12.2. The molecular formula is C26H33FN8O3. The molecule has 0 fully saturated rings. The Balaban J connectivity index is 1.55. The van der Waals surface area contributed by atoms with Crippen LogP contribution in [0.5, 0.6) is 0 Å². The van der Waals surface area contributed by atoms with Gasteiger partial charge < -0.3 is 36.5 Å². The number of amides is 1. The molecule has 0 aliphatic rings. The van der Waals surface area contributed by atoms with Gasteiger partial charge in [-0.2, -0.15) is 15.0 Å². The summed E-state index contributed by atoms with van der Waals surface area (Å²) in [6.07, 6.45) is 1.69. The second kappa shape index (κ2) is 15.9. The highest BCUT2D eigenvalue weighted by molar-refractivity contribution is 5.94. The van der Waals surface area contributed by atoms with E-state index >= 15 is 0 Å². The van der Waals surface area contributed by atoms with E-state index in [0.29, 0.717) is 75.8 Å². The van der Waals surface area contributed by atoms with Gasteiger partial charge in [-0.25, -0.2) is 4.39 Å². The maximum Gasteiger partial charge on any atom is 0.251 e. The number of anilines is 4. The van der Waals surface area contributed by atoms with Crippen molar-refractivity contribution in [2.24, 2.45) is 5.73 Å². The first-order valence-electron chi connectivity index (χ1n) is 12.2. The van der Waals surface area contributed by atoms with Crippen LogP contribution in [0.25, 0.3) is 0 Å². The molecule has 0 radical (unpaired) electrons. The maximum atomic E-state index is 13.5. The molecule has 12 heteroatoms. The number of nitrogens with one attached hydrogen (secondary N) is 4. The number of rotatable bonds is 17. The van der Waals surface area contributed by atoms with Crippen molar-refractivity contribution in [3.63, 3.8) is 0 Å². The molecule has 0 unspecified atom stereocenters. The molecule has 3 rings (SSSR count). The van der Waals surface area contributed by atoms with Crippen molar-refractivity contribution in [1.29, 1.82) is 0 Å². The summed E-state index contributed by atoms with van der Waals surface area (Å²) < 4.78 is 24.1. The fourth-order valence-corrected chi connectivity index (χ4v) is 3.16. The number of halogens is 1. The Morgan fingerprint density at radius 1 is 0.947 bits per heavy atom. The highest BCUT2D eigenvalue weighted by atomic mass is 19.1. The number of nitrogens with zero attached hydrogens (tertiary/aromatic N) is 3. The zero-order chi connectivity index (χ0) is 27.0. The van der Waals surface area contributed by atoms with Crippen LogP contribution in [0.2, 0.25) is 0 Å².